The van der Waals surface area contributed by atoms with E-state index >= 15 is 0 Å². The summed E-state index contributed by atoms with van der Waals surface area (Å²) in [5, 5.41) is 12.5. The smallest absolute Gasteiger partial charge is 0.258 e. The first-order chi connectivity index (χ1) is 10.1. The fourth-order valence-corrected chi connectivity index (χ4v) is 3.19. The zero-order chi connectivity index (χ0) is 14.8. The Bertz CT molecular complexity index is 834. The maximum atomic E-state index is 11.1. The quantitative estimate of drug-likeness (QED) is 0.507. The molecule has 0 radical (unpaired) electrons. The van der Waals surface area contributed by atoms with E-state index in [-0.39, 0.29) is 5.69 Å². The van der Waals surface area contributed by atoms with E-state index in [2.05, 4.69) is 4.98 Å². The number of benzene rings is 2. The van der Waals surface area contributed by atoms with Crippen molar-refractivity contribution in [1.29, 1.82) is 0 Å². The van der Waals surface area contributed by atoms with E-state index in [0.29, 0.717) is 9.92 Å². The average molecular weight is 317 g/mol. The summed E-state index contributed by atoms with van der Waals surface area (Å²) in [5.41, 5.74) is 0.828. The SMILES string of the molecule is O=[N+]([O-])c1cc(Cl)ccc1Sc1cccc2cccnc12. The summed E-state index contributed by atoms with van der Waals surface area (Å²) < 4.78 is 0. The summed E-state index contributed by atoms with van der Waals surface area (Å²) in [6, 6.07) is 14.3. The van der Waals surface area contributed by atoms with Crippen molar-refractivity contribution in [3.8, 4) is 0 Å². The number of halogens is 1. The van der Waals surface area contributed by atoms with Crippen LogP contribution in [0.15, 0.2) is 64.5 Å². The van der Waals surface area contributed by atoms with Crippen LogP contribution in [0.3, 0.4) is 0 Å². The first kappa shape index (κ1) is 13.9. The zero-order valence-corrected chi connectivity index (χ0v) is 12.3. The van der Waals surface area contributed by atoms with E-state index in [4.69, 9.17) is 11.6 Å². The van der Waals surface area contributed by atoms with Crippen LogP contribution in [0, 0.1) is 10.1 Å². The van der Waals surface area contributed by atoms with E-state index in [0.717, 1.165) is 15.8 Å². The Morgan fingerprint density at radius 3 is 2.71 bits per heavy atom. The lowest BCUT2D eigenvalue weighted by molar-refractivity contribution is -0.387. The summed E-state index contributed by atoms with van der Waals surface area (Å²) in [5.74, 6) is 0. The molecule has 0 N–H and O–H groups in total. The molecule has 0 aliphatic heterocycles. The first-order valence-electron chi connectivity index (χ1n) is 6.11. The van der Waals surface area contributed by atoms with Gasteiger partial charge in [0.05, 0.1) is 15.3 Å². The Balaban J connectivity index is 2.09. The molecule has 3 aromatic rings. The largest absolute Gasteiger partial charge is 0.284 e. The number of aromatic nitrogens is 1. The molecule has 0 bridgehead atoms. The molecule has 3 rings (SSSR count). The number of nitro groups is 1. The summed E-state index contributed by atoms with van der Waals surface area (Å²) >= 11 is 7.15. The number of rotatable bonds is 3. The number of pyridine rings is 1. The number of nitro benzene ring substituents is 1. The molecule has 0 saturated heterocycles. The molecule has 0 atom stereocenters. The molecule has 2 aromatic carbocycles. The number of hydrogen-bond acceptors (Lipinski definition) is 4. The zero-order valence-electron chi connectivity index (χ0n) is 10.7. The second kappa shape index (κ2) is 5.71. The van der Waals surface area contributed by atoms with Crippen LogP contribution in [-0.4, -0.2) is 9.91 Å². The van der Waals surface area contributed by atoms with Gasteiger partial charge in [0.15, 0.2) is 0 Å². The lowest BCUT2D eigenvalue weighted by atomic mass is 10.2. The third-order valence-electron chi connectivity index (χ3n) is 2.93. The van der Waals surface area contributed by atoms with Crippen LogP contribution in [0.25, 0.3) is 10.9 Å². The molecule has 0 fully saturated rings. The normalized spacial score (nSPS) is 10.7. The monoisotopic (exact) mass is 316 g/mol. The number of para-hydroxylation sites is 1. The van der Waals surface area contributed by atoms with Crippen LogP contribution in [0.1, 0.15) is 0 Å². The third kappa shape index (κ3) is 2.84. The Morgan fingerprint density at radius 2 is 1.90 bits per heavy atom. The first-order valence-corrected chi connectivity index (χ1v) is 7.30. The predicted molar refractivity (Wildman–Crippen MR) is 84.0 cm³/mol. The molecule has 1 aromatic heterocycles. The average Bonchev–Trinajstić information content (AvgIpc) is 2.49. The molecule has 4 nitrogen and oxygen atoms in total. The van der Waals surface area contributed by atoms with E-state index in [1.165, 1.54) is 17.8 Å². The van der Waals surface area contributed by atoms with Gasteiger partial charge in [-0.2, -0.15) is 0 Å². The van der Waals surface area contributed by atoms with Gasteiger partial charge in [0.2, 0.25) is 0 Å². The van der Waals surface area contributed by atoms with Crippen LogP contribution in [0.2, 0.25) is 5.02 Å². The number of hydrogen-bond donors (Lipinski definition) is 0. The van der Waals surface area contributed by atoms with Gasteiger partial charge in [-0.25, -0.2) is 0 Å². The highest BCUT2D eigenvalue weighted by Crippen LogP contribution is 2.38. The molecule has 0 aliphatic carbocycles. The Labute approximate surface area is 129 Å². The second-order valence-corrected chi connectivity index (χ2v) is 5.82. The van der Waals surface area contributed by atoms with Crippen LogP contribution in [0.4, 0.5) is 5.69 Å². The highest BCUT2D eigenvalue weighted by molar-refractivity contribution is 7.99. The standard InChI is InChI=1S/C15H9ClN2O2S/c16-11-6-7-13(12(9-11)18(19)20)21-14-5-1-3-10-4-2-8-17-15(10)14/h1-9H. The molecule has 0 saturated carbocycles. The predicted octanol–water partition coefficient (Wildman–Crippen LogP) is 4.95. The molecular weight excluding hydrogens is 308 g/mol. The third-order valence-corrected chi connectivity index (χ3v) is 4.28. The molecule has 21 heavy (non-hydrogen) atoms. The van der Waals surface area contributed by atoms with Crippen LogP contribution >= 0.6 is 23.4 Å². The van der Waals surface area contributed by atoms with Gasteiger partial charge in [-0.1, -0.05) is 41.6 Å². The molecule has 0 aliphatic rings. The van der Waals surface area contributed by atoms with Crippen molar-refractivity contribution in [3.63, 3.8) is 0 Å². The summed E-state index contributed by atoms with van der Waals surface area (Å²) in [7, 11) is 0. The maximum absolute atomic E-state index is 11.1. The highest BCUT2D eigenvalue weighted by Gasteiger charge is 2.16. The van der Waals surface area contributed by atoms with Crippen molar-refractivity contribution in [2.24, 2.45) is 0 Å². The summed E-state index contributed by atoms with van der Waals surface area (Å²) in [6.45, 7) is 0. The maximum Gasteiger partial charge on any atom is 0.284 e. The van der Waals surface area contributed by atoms with E-state index in [1.54, 1.807) is 18.3 Å². The lowest BCUT2D eigenvalue weighted by Gasteiger charge is -2.06. The molecule has 0 unspecified atom stereocenters. The summed E-state index contributed by atoms with van der Waals surface area (Å²) in [4.78, 5) is 16.5. The minimum absolute atomic E-state index is 0.000402. The topological polar surface area (TPSA) is 56.0 Å². The minimum atomic E-state index is -0.424. The Hall–Kier alpha value is -2.11. The number of fused-ring (bicyclic) bond motifs is 1. The Kier molecular flexibility index (Phi) is 3.77. The van der Waals surface area contributed by atoms with Gasteiger partial charge in [0.1, 0.15) is 0 Å². The van der Waals surface area contributed by atoms with Gasteiger partial charge in [-0.15, -0.1) is 0 Å². The van der Waals surface area contributed by atoms with Crippen molar-refractivity contribution >= 4 is 40.0 Å². The van der Waals surface area contributed by atoms with Gasteiger partial charge >= 0.3 is 0 Å². The van der Waals surface area contributed by atoms with E-state index in [9.17, 15) is 10.1 Å². The summed E-state index contributed by atoms with van der Waals surface area (Å²) in [6.07, 6.45) is 1.71. The van der Waals surface area contributed by atoms with Crippen molar-refractivity contribution in [2.45, 2.75) is 9.79 Å². The molecule has 1 heterocycles. The van der Waals surface area contributed by atoms with Crippen molar-refractivity contribution < 1.29 is 4.92 Å². The van der Waals surface area contributed by atoms with Gasteiger partial charge in [0, 0.05) is 27.6 Å². The van der Waals surface area contributed by atoms with Gasteiger partial charge < -0.3 is 0 Å². The molecule has 0 spiro atoms. The van der Waals surface area contributed by atoms with Gasteiger partial charge in [0.25, 0.3) is 5.69 Å². The van der Waals surface area contributed by atoms with Crippen LogP contribution < -0.4 is 0 Å². The molecular formula is C15H9ClN2O2S. The Morgan fingerprint density at radius 1 is 1.10 bits per heavy atom. The second-order valence-electron chi connectivity index (χ2n) is 4.30. The fourth-order valence-electron chi connectivity index (χ4n) is 2.00. The van der Waals surface area contributed by atoms with Crippen molar-refractivity contribution in [1.82, 2.24) is 4.98 Å². The van der Waals surface area contributed by atoms with Gasteiger partial charge in [-0.05, 0) is 24.3 Å². The van der Waals surface area contributed by atoms with Crippen LogP contribution in [-0.2, 0) is 0 Å². The van der Waals surface area contributed by atoms with Gasteiger partial charge in [-0.3, -0.25) is 15.1 Å². The van der Waals surface area contributed by atoms with Crippen molar-refractivity contribution in [3.05, 3.63) is 69.9 Å². The minimum Gasteiger partial charge on any atom is -0.258 e. The molecule has 0 amide bonds. The van der Waals surface area contributed by atoms with E-state index in [1.807, 2.05) is 30.3 Å². The van der Waals surface area contributed by atoms with Crippen molar-refractivity contribution in [2.75, 3.05) is 0 Å². The fraction of sp³-hybridized carbons (Fsp3) is 0. The van der Waals surface area contributed by atoms with E-state index < -0.39 is 4.92 Å². The molecule has 6 heteroatoms. The molecule has 104 valence electrons. The lowest BCUT2D eigenvalue weighted by Crippen LogP contribution is -1.91. The highest BCUT2D eigenvalue weighted by atomic mass is 35.5. The van der Waals surface area contributed by atoms with Crippen LogP contribution in [0.5, 0.6) is 0 Å². The number of nitrogens with zero attached hydrogens (tertiary/aromatic N) is 2.